The zero-order valence-corrected chi connectivity index (χ0v) is 15.0. The lowest BCUT2D eigenvalue weighted by Gasteiger charge is -2.30. The number of nitrogens with zero attached hydrogens (tertiary/aromatic N) is 2. The third-order valence-corrected chi connectivity index (χ3v) is 7.47. The lowest BCUT2D eigenvalue weighted by atomic mass is 9.97. The molecule has 1 saturated heterocycles. The number of hydrogen-bond donors (Lipinski definition) is 1. The van der Waals surface area contributed by atoms with Crippen LogP contribution in [0.15, 0.2) is 46.0 Å². The summed E-state index contributed by atoms with van der Waals surface area (Å²) >= 11 is 1.20. The van der Waals surface area contributed by atoms with Crippen LogP contribution in [-0.4, -0.2) is 31.7 Å². The van der Waals surface area contributed by atoms with Gasteiger partial charge in [-0.3, -0.25) is 4.79 Å². The van der Waals surface area contributed by atoms with E-state index in [0.29, 0.717) is 41.4 Å². The average Bonchev–Trinajstić information content (AvgIpc) is 3.18. The van der Waals surface area contributed by atoms with E-state index in [1.165, 1.54) is 15.6 Å². The van der Waals surface area contributed by atoms with E-state index in [1.54, 1.807) is 41.8 Å². The number of sulfonamides is 1. The fourth-order valence-electron chi connectivity index (χ4n) is 2.77. The topological polar surface area (TPSA) is 90.3 Å². The number of carbonyl (C=O) groups excluding carboxylic acids is 1. The summed E-state index contributed by atoms with van der Waals surface area (Å²) in [5.41, 5.74) is 1.17. The van der Waals surface area contributed by atoms with Gasteiger partial charge in [0.15, 0.2) is 0 Å². The molecule has 2 heterocycles. The molecule has 1 aromatic heterocycles. The number of carbonyl (C=O) groups is 1. The molecule has 6 nitrogen and oxygen atoms in total. The number of thiophene rings is 1. The molecule has 25 heavy (non-hydrogen) atoms. The monoisotopic (exact) mass is 375 g/mol. The Morgan fingerprint density at radius 3 is 2.44 bits per heavy atom. The van der Waals surface area contributed by atoms with Crippen molar-refractivity contribution in [2.45, 2.75) is 17.1 Å². The van der Waals surface area contributed by atoms with Gasteiger partial charge < -0.3 is 5.32 Å². The van der Waals surface area contributed by atoms with Crippen LogP contribution in [0.2, 0.25) is 0 Å². The quantitative estimate of drug-likeness (QED) is 0.889. The van der Waals surface area contributed by atoms with Gasteiger partial charge in [0.1, 0.15) is 4.21 Å². The second-order valence-corrected chi connectivity index (χ2v) is 8.90. The van der Waals surface area contributed by atoms with Crippen LogP contribution in [0.5, 0.6) is 0 Å². The standard InChI is InChI=1S/C17H17N3O3S2/c18-12-13-3-5-15(6-4-13)19-17(21)14-7-9-20(10-8-14)25(22,23)16-2-1-11-24-16/h1-6,11,14H,7-10H2,(H,19,21). The molecule has 1 amide bonds. The molecule has 0 bridgehead atoms. The SMILES string of the molecule is N#Cc1ccc(NC(=O)C2CCN(S(=O)(=O)c3cccs3)CC2)cc1. The van der Waals surface area contributed by atoms with E-state index in [2.05, 4.69) is 5.32 Å². The van der Waals surface area contributed by atoms with E-state index >= 15 is 0 Å². The normalized spacial score (nSPS) is 16.3. The third kappa shape index (κ3) is 3.90. The Morgan fingerprint density at radius 2 is 1.88 bits per heavy atom. The van der Waals surface area contributed by atoms with E-state index in [1.807, 2.05) is 6.07 Å². The molecule has 1 N–H and O–H groups in total. The van der Waals surface area contributed by atoms with Crippen molar-refractivity contribution in [3.05, 3.63) is 47.3 Å². The molecule has 3 rings (SSSR count). The van der Waals surface area contributed by atoms with Crippen LogP contribution in [0, 0.1) is 17.2 Å². The molecule has 0 radical (unpaired) electrons. The number of nitrogens with one attached hydrogen (secondary N) is 1. The summed E-state index contributed by atoms with van der Waals surface area (Å²) in [6, 6.07) is 12.0. The van der Waals surface area contributed by atoms with Crippen molar-refractivity contribution in [3.8, 4) is 6.07 Å². The van der Waals surface area contributed by atoms with Gasteiger partial charge in [-0.25, -0.2) is 8.42 Å². The number of hydrogen-bond acceptors (Lipinski definition) is 5. The van der Waals surface area contributed by atoms with Gasteiger partial charge in [0.25, 0.3) is 10.0 Å². The first-order chi connectivity index (χ1) is 12.0. The average molecular weight is 375 g/mol. The van der Waals surface area contributed by atoms with Crippen molar-refractivity contribution < 1.29 is 13.2 Å². The minimum atomic E-state index is -3.44. The maximum Gasteiger partial charge on any atom is 0.252 e. The minimum absolute atomic E-state index is 0.113. The summed E-state index contributed by atoms with van der Waals surface area (Å²) in [4.78, 5) is 12.4. The fraction of sp³-hybridized carbons (Fsp3) is 0.294. The third-order valence-electron chi connectivity index (χ3n) is 4.20. The number of piperidine rings is 1. The molecule has 2 aromatic rings. The smallest absolute Gasteiger partial charge is 0.252 e. The van der Waals surface area contributed by atoms with Crippen molar-refractivity contribution in [3.63, 3.8) is 0 Å². The van der Waals surface area contributed by atoms with Crippen molar-refractivity contribution in [1.82, 2.24) is 4.31 Å². The minimum Gasteiger partial charge on any atom is -0.326 e. The molecule has 0 aliphatic carbocycles. The number of amides is 1. The molecule has 8 heteroatoms. The summed E-state index contributed by atoms with van der Waals surface area (Å²) in [6.45, 7) is 0.678. The highest BCUT2D eigenvalue weighted by molar-refractivity contribution is 7.91. The maximum atomic E-state index is 12.5. The Kier molecular flexibility index (Phi) is 5.18. The van der Waals surface area contributed by atoms with E-state index in [4.69, 9.17) is 5.26 Å². The number of anilines is 1. The van der Waals surface area contributed by atoms with Crippen LogP contribution in [0.4, 0.5) is 5.69 Å². The van der Waals surface area contributed by atoms with Crippen molar-refractivity contribution in [1.29, 1.82) is 5.26 Å². The Labute approximate surface area is 150 Å². The summed E-state index contributed by atoms with van der Waals surface area (Å²) < 4.78 is 26.8. The molecule has 0 unspecified atom stereocenters. The van der Waals surface area contributed by atoms with Gasteiger partial charge in [0.2, 0.25) is 5.91 Å². The van der Waals surface area contributed by atoms with Crippen molar-refractivity contribution in [2.75, 3.05) is 18.4 Å². The molecule has 0 spiro atoms. The maximum absolute atomic E-state index is 12.5. The second-order valence-electron chi connectivity index (χ2n) is 5.79. The number of nitriles is 1. The highest BCUT2D eigenvalue weighted by atomic mass is 32.2. The van der Waals surface area contributed by atoms with Crippen LogP contribution in [-0.2, 0) is 14.8 Å². The molecule has 1 aliphatic rings. The number of benzene rings is 1. The van der Waals surface area contributed by atoms with Gasteiger partial charge in [-0.15, -0.1) is 11.3 Å². The van der Waals surface area contributed by atoms with Gasteiger partial charge in [-0.1, -0.05) is 6.07 Å². The van der Waals surface area contributed by atoms with E-state index in [0.717, 1.165) is 0 Å². The lowest BCUT2D eigenvalue weighted by molar-refractivity contribution is -0.120. The molecule has 130 valence electrons. The van der Waals surface area contributed by atoms with Gasteiger partial charge in [-0.2, -0.15) is 9.57 Å². The number of rotatable bonds is 4. The Hall–Kier alpha value is -2.21. The van der Waals surface area contributed by atoms with Gasteiger partial charge in [0.05, 0.1) is 11.6 Å². The van der Waals surface area contributed by atoms with Gasteiger partial charge in [0, 0.05) is 24.7 Å². The van der Waals surface area contributed by atoms with Crippen LogP contribution >= 0.6 is 11.3 Å². The Balaban J connectivity index is 1.58. The lowest BCUT2D eigenvalue weighted by Crippen LogP contribution is -2.41. The van der Waals surface area contributed by atoms with Crippen LogP contribution in [0.1, 0.15) is 18.4 Å². The van der Waals surface area contributed by atoms with Gasteiger partial charge in [-0.05, 0) is 48.6 Å². The highest BCUT2D eigenvalue weighted by Gasteiger charge is 2.32. The first kappa shape index (κ1) is 17.6. The Bertz CT molecular complexity index is 876. The largest absolute Gasteiger partial charge is 0.326 e. The summed E-state index contributed by atoms with van der Waals surface area (Å²) in [7, 11) is -3.44. The van der Waals surface area contributed by atoms with Crippen molar-refractivity contribution >= 4 is 33.0 Å². The summed E-state index contributed by atoms with van der Waals surface area (Å²) in [5.74, 6) is -0.330. The van der Waals surface area contributed by atoms with Gasteiger partial charge >= 0.3 is 0 Å². The zero-order valence-electron chi connectivity index (χ0n) is 13.4. The molecule has 0 atom stereocenters. The molecule has 1 aliphatic heterocycles. The zero-order chi connectivity index (χ0) is 17.9. The molecule has 0 saturated carbocycles. The van der Waals surface area contributed by atoms with E-state index in [9.17, 15) is 13.2 Å². The van der Waals surface area contributed by atoms with Crippen LogP contribution < -0.4 is 5.32 Å². The second kappa shape index (κ2) is 7.35. The van der Waals surface area contributed by atoms with Crippen molar-refractivity contribution in [2.24, 2.45) is 5.92 Å². The summed E-state index contributed by atoms with van der Waals surface area (Å²) in [5, 5.41) is 13.4. The first-order valence-electron chi connectivity index (χ1n) is 7.85. The molecular formula is C17H17N3O3S2. The predicted molar refractivity (Wildman–Crippen MR) is 95.6 cm³/mol. The van der Waals surface area contributed by atoms with Crippen LogP contribution in [0.3, 0.4) is 0 Å². The Morgan fingerprint density at radius 1 is 1.20 bits per heavy atom. The van der Waals surface area contributed by atoms with Crippen LogP contribution in [0.25, 0.3) is 0 Å². The molecule has 1 aromatic carbocycles. The van der Waals surface area contributed by atoms with E-state index in [-0.39, 0.29) is 11.8 Å². The van der Waals surface area contributed by atoms with E-state index < -0.39 is 10.0 Å². The fourth-order valence-corrected chi connectivity index (χ4v) is 5.38. The predicted octanol–water partition coefficient (Wildman–Crippen LogP) is 2.66. The molecular weight excluding hydrogens is 358 g/mol. The first-order valence-corrected chi connectivity index (χ1v) is 10.2. The summed E-state index contributed by atoms with van der Waals surface area (Å²) in [6.07, 6.45) is 0.986. The highest BCUT2D eigenvalue weighted by Crippen LogP contribution is 2.27. The molecule has 1 fully saturated rings.